The van der Waals surface area contributed by atoms with Crippen molar-refractivity contribution in [2.75, 3.05) is 13.2 Å². The topological polar surface area (TPSA) is 95.9 Å². The van der Waals surface area contributed by atoms with Crippen LogP contribution in [0.4, 0.5) is 0 Å². The van der Waals surface area contributed by atoms with Gasteiger partial charge in [0.05, 0.1) is 25.4 Å². The monoisotopic (exact) mass is 1090 g/mol. The predicted octanol–water partition coefficient (Wildman–Crippen LogP) is 23.0. The second kappa shape index (κ2) is 67.4. The molecule has 0 aromatic heterocycles. The van der Waals surface area contributed by atoms with Crippen molar-refractivity contribution in [2.24, 2.45) is 0 Å². The Balaban J connectivity index is 3.37. The standard InChI is InChI=1S/C71H141NO5/c1-3-5-7-9-11-13-15-17-19-20-21-22-23-24-27-30-33-36-39-43-47-51-55-59-63-69(74)68(67-73)72-70(75)64-60-56-52-48-44-40-37-34-31-28-25-26-29-32-35-38-42-46-50-54-58-62-66-77-71(76)65-61-57-53-49-45-41-18-16-14-12-10-8-6-4-2/h68-69,73-74H,3-67H2,1-2H3,(H,72,75). The maximum Gasteiger partial charge on any atom is 0.305 e. The van der Waals surface area contributed by atoms with Gasteiger partial charge >= 0.3 is 5.97 Å². The Morgan fingerprint density at radius 2 is 0.532 bits per heavy atom. The number of unbranched alkanes of at least 4 members (excludes halogenated alkanes) is 57. The summed E-state index contributed by atoms with van der Waals surface area (Å²) in [5, 5.41) is 23.4. The fourth-order valence-corrected chi connectivity index (χ4v) is 11.7. The zero-order valence-electron chi connectivity index (χ0n) is 52.7. The molecule has 0 bridgehead atoms. The zero-order chi connectivity index (χ0) is 55.7. The van der Waals surface area contributed by atoms with Crippen LogP contribution in [0.2, 0.25) is 0 Å². The maximum absolute atomic E-state index is 12.6. The highest BCUT2D eigenvalue weighted by atomic mass is 16.5. The zero-order valence-corrected chi connectivity index (χ0v) is 52.7. The van der Waals surface area contributed by atoms with Crippen molar-refractivity contribution >= 4 is 11.9 Å². The molecule has 0 aromatic rings. The Morgan fingerprint density at radius 1 is 0.312 bits per heavy atom. The van der Waals surface area contributed by atoms with Crippen LogP contribution < -0.4 is 5.32 Å². The molecule has 0 fully saturated rings. The number of hydrogen-bond acceptors (Lipinski definition) is 5. The molecule has 6 heteroatoms. The third kappa shape index (κ3) is 63.9. The quantitative estimate of drug-likeness (QED) is 0.0417. The van der Waals surface area contributed by atoms with E-state index in [0.29, 0.717) is 25.9 Å². The minimum Gasteiger partial charge on any atom is -0.466 e. The molecule has 2 unspecified atom stereocenters. The molecule has 0 spiro atoms. The van der Waals surface area contributed by atoms with Gasteiger partial charge in [-0.1, -0.05) is 380 Å². The minimum atomic E-state index is -0.665. The van der Waals surface area contributed by atoms with E-state index < -0.39 is 12.1 Å². The molecule has 77 heavy (non-hydrogen) atoms. The molecule has 0 aliphatic carbocycles. The number of rotatable bonds is 68. The number of carbonyl (C=O) groups excluding carboxylic acids is 2. The molecular weight excluding hydrogens is 947 g/mol. The van der Waals surface area contributed by atoms with Crippen LogP contribution in [0.5, 0.6) is 0 Å². The van der Waals surface area contributed by atoms with E-state index in [4.69, 9.17) is 4.74 Å². The molecule has 0 saturated carbocycles. The van der Waals surface area contributed by atoms with Crippen LogP contribution in [0, 0.1) is 0 Å². The summed E-state index contributed by atoms with van der Waals surface area (Å²) >= 11 is 0. The van der Waals surface area contributed by atoms with Crippen LogP contribution in [0.1, 0.15) is 418 Å². The number of carbonyl (C=O) groups is 2. The number of nitrogens with one attached hydrogen (secondary N) is 1. The fourth-order valence-electron chi connectivity index (χ4n) is 11.7. The number of ether oxygens (including phenoxy) is 1. The first-order chi connectivity index (χ1) is 38.0. The first kappa shape index (κ1) is 75.9. The largest absolute Gasteiger partial charge is 0.466 e. The number of esters is 1. The van der Waals surface area contributed by atoms with Crippen LogP contribution in [0.25, 0.3) is 0 Å². The summed E-state index contributed by atoms with van der Waals surface area (Å²) in [6.45, 7) is 5.00. The van der Waals surface area contributed by atoms with Crippen LogP contribution in [0.15, 0.2) is 0 Å². The molecule has 460 valence electrons. The highest BCUT2D eigenvalue weighted by Crippen LogP contribution is 2.20. The summed E-state index contributed by atoms with van der Waals surface area (Å²) in [4.78, 5) is 24.6. The Morgan fingerprint density at radius 3 is 0.792 bits per heavy atom. The molecule has 0 aliphatic rings. The summed E-state index contributed by atoms with van der Waals surface area (Å²) in [7, 11) is 0. The molecule has 0 rings (SSSR count). The molecule has 0 saturated heterocycles. The third-order valence-corrected chi connectivity index (χ3v) is 17.2. The van der Waals surface area contributed by atoms with Crippen molar-refractivity contribution in [3.05, 3.63) is 0 Å². The Labute approximate surface area is 483 Å². The van der Waals surface area contributed by atoms with Gasteiger partial charge in [-0.2, -0.15) is 0 Å². The van der Waals surface area contributed by atoms with E-state index in [-0.39, 0.29) is 18.5 Å². The van der Waals surface area contributed by atoms with Gasteiger partial charge in [-0.05, 0) is 25.7 Å². The van der Waals surface area contributed by atoms with Crippen molar-refractivity contribution in [2.45, 2.75) is 431 Å². The van der Waals surface area contributed by atoms with Gasteiger partial charge in [0.1, 0.15) is 0 Å². The van der Waals surface area contributed by atoms with Crippen molar-refractivity contribution in [1.82, 2.24) is 5.32 Å². The van der Waals surface area contributed by atoms with Crippen molar-refractivity contribution < 1.29 is 24.5 Å². The van der Waals surface area contributed by atoms with E-state index in [2.05, 4.69) is 19.2 Å². The molecule has 0 aromatic carbocycles. The first-order valence-electron chi connectivity index (χ1n) is 35.8. The highest BCUT2D eigenvalue weighted by Gasteiger charge is 2.20. The van der Waals surface area contributed by atoms with Gasteiger partial charge in [0.25, 0.3) is 0 Å². The van der Waals surface area contributed by atoms with Crippen molar-refractivity contribution in [3.63, 3.8) is 0 Å². The minimum absolute atomic E-state index is 0.0172. The van der Waals surface area contributed by atoms with Gasteiger partial charge in [0.2, 0.25) is 5.91 Å². The van der Waals surface area contributed by atoms with E-state index in [9.17, 15) is 19.8 Å². The second-order valence-electron chi connectivity index (χ2n) is 24.9. The van der Waals surface area contributed by atoms with E-state index in [1.807, 2.05) is 0 Å². The number of hydrogen-bond donors (Lipinski definition) is 3. The lowest BCUT2D eigenvalue weighted by molar-refractivity contribution is -0.143. The second-order valence-corrected chi connectivity index (χ2v) is 24.9. The van der Waals surface area contributed by atoms with Gasteiger partial charge in [-0.25, -0.2) is 0 Å². The van der Waals surface area contributed by atoms with Crippen LogP contribution in [-0.4, -0.2) is 47.4 Å². The lowest BCUT2D eigenvalue weighted by atomic mass is 10.0. The van der Waals surface area contributed by atoms with E-state index in [0.717, 1.165) is 38.5 Å². The van der Waals surface area contributed by atoms with Crippen molar-refractivity contribution in [1.29, 1.82) is 0 Å². The summed E-state index contributed by atoms with van der Waals surface area (Å²) in [5.41, 5.74) is 0. The van der Waals surface area contributed by atoms with Gasteiger partial charge in [0.15, 0.2) is 0 Å². The van der Waals surface area contributed by atoms with E-state index >= 15 is 0 Å². The lowest BCUT2D eigenvalue weighted by Gasteiger charge is -2.22. The highest BCUT2D eigenvalue weighted by molar-refractivity contribution is 5.76. The summed E-state index contributed by atoms with van der Waals surface area (Å²) < 4.78 is 5.49. The van der Waals surface area contributed by atoms with Crippen molar-refractivity contribution in [3.8, 4) is 0 Å². The number of aliphatic hydroxyl groups is 2. The molecule has 2 atom stereocenters. The smallest absolute Gasteiger partial charge is 0.305 e. The lowest BCUT2D eigenvalue weighted by Crippen LogP contribution is -2.45. The average molecular weight is 1090 g/mol. The van der Waals surface area contributed by atoms with Crippen LogP contribution >= 0.6 is 0 Å². The predicted molar refractivity (Wildman–Crippen MR) is 338 cm³/mol. The molecule has 0 heterocycles. The van der Waals surface area contributed by atoms with E-state index in [1.165, 1.54) is 347 Å². The molecule has 0 radical (unpaired) electrons. The Bertz CT molecular complexity index is 1120. The molecule has 6 nitrogen and oxygen atoms in total. The summed E-state index contributed by atoms with van der Waals surface area (Å²) in [6, 6.07) is -0.542. The van der Waals surface area contributed by atoms with Crippen LogP contribution in [-0.2, 0) is 14.3 Å². The summed E-state index contributed by atoms with van der Waals surface area (Å²) in [5.74, 6) is -0.0119. The van der Waals surface area contributed by atoms with Crippen LogP contribution in [0.3, 0.4) is 0 Å². The number of aliphatic hydroxyl groups excluding tert-OH is 2. The normalized spacial score (nSPS) is 12.4. The third-order valence-electron chi connectivity index (χ3n) is 17.2. The molecule has 1 amide bonds. The molecule has 3 N–H and O–H groups in total. The van der Waals surface area contributed by atoms with Gasteiger partial charge in [-0.15, -0.1) is 0 Å². The maximum atomic E-state index is 12.6. The Hall–Kier alpha value is -1.14. The first-order valence-corrected chi connectivity index (χ1v) is 35.8. The fraction of sp³-hybridized carbons (Fsp3) is 0.972. The average Bonchev–Trinajstić information content (AvgIpc) is 3.43. The summed E-state index contributed by atoms with van der Waals surface area (Å²) in [6.07, 6.45) is 81.5. The van der Waals surface area contributed by atoms with Gasteiger partial charge < -0.3 is 20.3 Å². The molecular formula is C71H141NO5. The van der Waals surface area contributed by atoms with E-state index in [1.54, 1.807) is 0 Å². The SMILES string of the molecule is CCCCCCCCCCCCCCCCCCCCCCCCCCC(O)C(CO)NC(=O)CCCCCCCCCCCCCCCCCCCCCCCCOC(=O)CCCCCCCCCCCCCCCC. The van der Waals surface area contributed by atoms with Gasteiger partial charge in [0, 0.05) is 12.8 Å². The Kier molecular flexibility index (Phi) is 66.4. The molecule has 0 aliphatic heterocycles. The number of amides is 1. The van der Waals surface area contributed by atoms with Gasteiger partial charge in [-0.3, -0.25) is 9.59 Å².